The van der Waals surface area contributed by atoms with Crippen LogP contribution >= 0.6 is 0 Å². The Morgan fingerprint density at radius 2 is 2.18 bits per heavy atom. The van der Waals surface area contributed by atoms with Gasteiger partial charge in [0.15, 0.2) is 0 Å². The second-order valence-corrected chi connectivity index (χ2v) is 5.20. The maximum absolute atomic E-state index is 12.1. The second kappa shape index (κ2) is 6.37. The molecular formula is C13H19N7O2. The normalized spacial score (nSPS) is 10.9. The molecular weight excluding hydrogens is 286 g/mol. The Balaban J connectivity index is 2.00. The van der Waals surface area contributed by atoms with Gasteiger partial charge >= 0.3 is 5.69 Å². The molecule has 0 aromatic carbocycles. The van der Waals surface area contributed by atoms with Gasteiger partial charge in [-0.1, -0.05) is 13.8 Å². The maximum atomic E-state index is 12.1. The predicted octanol–water partition coefficient (Wildman–Crippen LogP) is -0.423. The number of H-pyrrole nitrogens is 1. The Labute approximate surface area is 127 Å². The minimum absolute atomic E-state index is 0.0750. The lowest BCUT2D eigenvalue weighted by Crippen LogP contribution is -2.28. The van der Waals surface area contributed by atoms with E-state index >= 15 is 0 Å². The van der Waals surface area contributed by atoms with Gasteiger partial charge in [-0.05, 0) is 12.0 Å². The molecule has 118 valence electrons. The molecule has 9 heteroatoms. The van der Waals surface area contributed by atoms with Gasteiger partial charge in [-0.15, -0.1) is 0 Å². The van der Waals surface area contributed by atoms with Gasteiger partial charge in [0.05, 0.1) is 0 Å². The van der Waals surface area contributed by atoms with E-state index in [0.717, 1.165) is 0 Å². The lowest BCUT2D eigenvalue weighted by Gasteiger charge is -2.08. The molecule has 2 heterocycles. The maximum Gasteiger partial charge on any atom is 0.343 e. The lowest BCUT2D eigenvalue weighted by molar-refractivity contribution is 0.0948. The first-order valence-corrected chi connectivity index (χ1v) is 6.91. The first-order chi connectivity index (χ1) is 10.4. The number of nitrogens with two attached hydrogens (primary N) is 1. The van der Waals surface area contributed by atoms with Crippen LogP contribution in [0.5, 0.6) is 0 Å². The summed E-state index contributed by atoms with van der Waals surface area (Å²) < 4.78 is 1.39. The number of hydrogen-bond acceptors (Lipinski definition) is 6. The highest BCUT2D eigenvalue weighted by molar-refractivity contribution is 5.92. The predicted molar refractivity (Wildman–Crippen MR) is 80.4 cm³/mol. The van der Waals surface area contributed by atoms with E-state index in [2.05, 4.69) is 25.5 Å². The number of carbonyl (C=O) groups excluding carboxylic acids is 1. The van der Waals surface area contributed by atoms with Crippen LogP contribution in [0.1, 0.15) is 41.8 Å². The van der Waals surface area contributed by atoms with Gasteiger partial charge in [-0.25, -0.2) is 19.9 Å². The van der Waals surface area contributed by atoms with Crippen LogP contribution in [-0.4, -0.2) is 37.2 Å². The topological polar surface area (TPSA) is 132 Å². The molecule has 1 amide bonds. The third-order valence-corrected chi connectivity index (χ3v) is 3.19. The summed E-state index contributed by atoms with van der Waals surface area (Å²) in [6, 6.07) is 1.63. The van der Waals surface area contributed by atoms with Crippen molar-refractivity contribution >= 4 is 11.9 Å². The van der Waals surface area contributed by atoms with Crippen LogP contribution in [0, 0.1) is 0 Å². The van der Waals surface area contributed by atoms with Gasteiger partial charge in [-0.2, -0.15) is 5.10 Å². The van der Waals surface area contributed by atoms with E-state index in [0.29, 0.717) is 24.5 Å². The summed E-state index contributed by atoms with van der Waals surface area (Å²) in [4.78, 5) is 31.4. The standard InChI is InChI=1S/C13H19N7O2/c1-7(2)8-6-9(17-12(14)16-8)11(21)15-5-4-10-18-19-13(22)20(10)3/h6-7H,4-5H2,1-3H3,(H,15,21)(H,19,22)(H2,14,16,17). The quantitative estimate of drug-likeness (QED) is 0.687. The largest absolute Gasteiger partial charge is 0.368 e. The summed E-state index contributed by atoms with van der Waals surface area (Å²) in [5.74, 6) is 0.452. The molecule has 0 fully saturated rings. The molecule has 0 saturated carbocycles. The van der Waals surface area contributed by atoms with Gasteiger partial charge < -0.3 is 11.1 Å². The minimum atomic E-state index is -0.337. The third-order valence-electron chi connectivity index (χ3n) is 3.19. The molecule has 0 atom stereocenters. The van der Waals surface area contributed by atoms with Crippen LogP contribution < -0.4 is 16.7 Å². The molecule has 0 saturated heterocycles. The number of carbonyl (C=O) groups is 1. The Morgan fingerprint density at radius 1 is 1.45 bits per heavy atom. The average Bonchev–Trinajstić information content (AvgIpc) is 2.78. The Morgan fingerprint density at radius 3 is 2.77 bits per heavy atom. The molecule has 0 aliphatic rings. The van der Waals surface area contributed by atoms with Crippen LogP contribution in [0.4, 0.5) is 5.95 Å². The van der Waals surface area contributed by atoms with Gasteiger partial charge in [0.2, 0.25) is 5.95 Å². The molecule has 2 rings (SSSR count). The monoisotopic (exact) mass is 305 g/mol. The summed E-state index contributed by atoms with van der Waals surface area (Å²) in [5, 5.41) is 8.93. The highest BCUT2D eigenvalue weighted by Crippen LogP contribution is 2.13. The molecule has 0 bridgehead atoms. The Bertz CT molecular complexity index is 732. The number of nitrogens with one attached hydrogen (secondary N) is 2. The SMILES string of the molecule is CC(C)c1cc(C(=O)NCCc2n[nH]c(=O)n2C)nc(N)n1. The minimum Gasteiger partial charge on any atom is -0.368 e. The Hall–Kier alpha value is -2.71. The van der Waals surface area contributed by atoms with Crippen molar-refractivity contribution in [3.05, 3.63) is 33.8 Å². The number of aromatic nitrogens is 5. The summed E-state index contributed by atoms with van der Waals surface area (Å²) in [6.07, 6.45) is 0.429. The van der Waals surface area contributed by atoms with Crippen molar-refractivity contribution in [3.8, 4) is 0 Å². The second-order valence-electron chi connectivity index (χ2n) is 5.20. The molecule has 9 nitrogen and oxygen atoms in total. The molecule has 4 N–H and O–H groups in total. The van der Waals surface area contributed by atoms with E-state index in [-0.39, 0.29) is 29.2 Å². The summed E-state index contributed by atoms with van der Waals surface area (Å²) >= 11 is 0. The fraction of sp³-hybridized carbons (Fsp3) is 0.462. The molecule has 2 aromatic heterocycles. The van der Waals surface area contributed by atoms with E-state index in [4.69, 9.17) is 5.73 Å². The summed E-state index contributed by atoms with van der Waals surface area (Å²) in [6.45, 7) is 4.25. The van der Waals surface area contributed by atoms with E-state index < -0.39 is 0 Å². The molecule has 0 aliphatic carbocycles. The van der Waals surface area contributed by atoms with Crippen LogP contribution in [0.3, 0.4) is 0 Å². The number of nitrogen functional groups attached to an aromatic ring is 1. The fourth-order valence-corrected chi connectivity index (χ4v) is 1.88. The first-order valence-electron chi connectivity index (χ1n) is 6.91. The summed E-state index contributed by atoms with van der Waals surface area (Å²) in [7, 11) is 1.61. The van der Waals surface area contributed by atoms with E-state index in [1.807, 2.05) is 13.8 Å². The van der Waals surface area contributed by atoms with Gasteiger partial charge in [-0.3, -0.25) is 9.36 Å². The van der Waals surface area contributed by atoms with Crippen molar-refractivity contribution < 1.29 is 4.79 Å². The molecule has 22 heavy (non-hydrogen) atoms. The number of anilines is 1. The Kier molecular flexibility index (Phi) is 4.54. The lowest BCUT2D eigenvalue weighted by atomic mass is 10.1. The van der Waals surface area contributed by atoms with Crippen molar-refractivity contribution in [1.29, 1.82) is 0 Å². The van der Waals surface area contributed by atoms with Gasteiger partial charge in [0.1, 0.15) is 11.5 Å². The molecule has 0 aliphatic heterocycles. The molecule has 0 radical (unpaired) electrons. The molecule has 2 aromatic rings. The number of aromatic amines is 1. The van der Waals surface area contributed by atoms with Gasteiger partial charge in [0, 0.05) is 25.7 Å². The number of nitrogens with zero attached hydrogens (tertiary/aromatic N) is 4. The fourth-order valence-electron chi connectivity index (χ4n) is 1.88. The average molecular weight is 305 g/mol. The van der Waals surface area contributed by atoms with Crippen molar-refractivity contribution in [1.82, 2.24) is 30.0 Å². The number of hydrogen-bond donors (Lipinski definition) is 3. The van der Waals surface area contributed by atoms with E-state index in [9.17, 15) is 9.59 Å². The van der Waals surface area contributed by atoms with Crippen LogP contribution in [0.2, 0.25) is 0 Å². The van der Waals surface area contributed by atoms with E-state index in [1.165, 1.54) is 4.57 Å². The zero-order valence-electron chi connectivity index (χ0n) is 12.8. The van der Waals surface area contributed by atoms with Crippen molar-refractivity contribution in [2.24, 2.45) is 7.05 Å². The first kappa shape index (κ1) is 15.7. The number of amides is 1. The molecule has 0 spiro atoms. The van der Waals surface area contributed by atoms with Crippen LogP contribution in [-0.2, 0) is 13.5 Å². The zero-order valence-corrected chi connectivity index (χ0v) is 12.8. The van der Waals surface area contributed by atoms with Gasteiger partial charge in [0.25, 0.3) is 5.91 Å². The molecule has 0 unspecified atom stereocenters. The van der Waals surface area contributed by atoms with Crippen LogP contribution in [0.25, 0.3) is 0 Å². The number of rotatable bonds is 5. The third kappa shape index (κ3) is 3.48. The van der Waals surface area contributed by atoms with Crippen molar-refractivity contribution in [2.75, 3.05) is 12.3 Å². The zero-order chi connectivity index (χ0) is 16.3. The van der Waals surface area contributed by atoms with Crippen molar-refractivity contribution in [3.63, 3.8) is 0 Å². The van der Waals surface area contributed by atoms with Crippen molar-refractivity contribution in [2.45, 2.75) is 26.2 Å². The van der Waals surface area contributed by atoms with E-state index in [1.54, 1.807) is 13.1 Å². The highest BCUT2D eigenvalue weighted by atomic mass is 16.2. The smallest absolute Gasteiger partial charge is 0.343 e. The van der Waals surface area contributed by atoms with Crippen LogP contribution in [0.15, 0.2) is 10.9 Å². The highest BCUT2D eigenvalue weighted by Gasteiger charge is 2.13. The summed E-state index contributed by atoms with van der Waals surface area (Å²) in [5.41, 5.74) is 6.28.